The van der Waals surface area contributed by atoms with E-state index in [2.05, 4.69) is 11.8 Å². The van der Waals surface area contributed by atoms with Crippen molar-refractivity contribution in [3.05, 3.63) is 35.9 Å². The van der Waals surface area contributed by atoms with E-state index in [1.54, 1.807) is 0 Å². The lowest BCUT2D eigenvalue weighted by molar-refractivity contribution is 0.153. The van der Waals surface area contributed by atoms with Gasteiger partial charge in [0.25, 0.3) is 0 Å². The highest BCUT2D eigenvalue weighted by atomic mass is 35.5. The van der Waals surface area contributed by atoms with Crippen molar-refractivity contribution in [1.82, 2.24) is 0 Å². The fourth-order valence-electron chi connectivity index (χ4n) is 0.981. The summed E-state index contributed by atoms with van der Waals surface area (Å²) in [5.41, 5.74) is 1.18. The molecule has 0 aliphatic carbocycles. The van der Waals surface area contributed by atoms with Gasteiger partial charge >= 0.3 is 19.3 Å². The molecule has 1 aromatic carbocycles. The number of halogens is 1. The standard InChI is InChI=1S/C11H11O.ClH.Mg/c1-2-3-9-12-10-11-7-5-4-6-8-11;;/h4-8H,1,9-10H2;1H;/q;;+1/p-1. The summed E-state index contributed by atoms with van der Waals surface area (Å²) in [5.74, 6) is 5.91. The molecule has 0 N–H and O–H groups in total. The van der Waals surface area contributed by atoms with Crippen LogP contribution in [0.15, 0.2) is 30.3 Å². The summed E-state index contributed by atoms with van der Waals surface area (Å²) in [6, 6.07) is 10.1. The SMILES string of the molecule is [Cl][Mg][CH2]C#CCOCc1ccccc1. The number of ether oxygens (including phenoxy) is 1. The van der Waals surface area contributed by atoms with Gasteiger partial charge < -0.3 is 13.8 Å². The lowest BCUT2D eigenvalue weighted by Gasteiger charge is -1.98. The first-order valence-electron chi connectivity index (χ1n) is 4.57. The molecule has 0 saturated carbocycles. The molecular weight excluding hydrogens is 208 g/mol. The largest absolute Gasteiger partial charge is 0.513 e. The van der Waals surface area contributed by atoms with Crippen molar-refractivity contribution in [2.24, 2.45) is 0 Å². The van der Waals surface area contributed by atoms with Gasteiger partial charge in [0.15, 0.2) is 0 Å². The summed E-state index contributed by atoms with van der Waals surface area (Å²) >= 11 is -0.428. The molecular formula is C11H11ClMgO. The van der Waals surface area contributed by atoms with E-state index in [1.807, 2.05) is 30.3 Å². The molecule has 0 amide bonds. The molecule has 0 saturated heterocycles. The van der Waals surface area contributed by atoms with Gasteiger partial charge in [0, 0.05) is 0 Å². The van der Waals surface area contributed by atoms with Crippen LogP contribution in [0, 0.1) is 11.8 Å². The van der Waals surface area contributed by atoms with E-state index in [-0.39, 0.29) is 0 Å². The van der Waals surface area contributed by atoms with Crippen LogP contribution in [0.5, 0.6) is 0 Å². The zero-order valence-electron chi connectivity index (χ0n) is 8.00. The number of hydrogen-bond donors (Lipinski definition) is 0. The van der Waals surface area contributed by atoms with Gasteiger partial charge in [0.05, 0.1) is 6.61 Å². The third-order valence-electron chi connectivity index (χ3n) is 1.63. The van der Waals surface area contributed by atoms with Crippen LogP contribution in [-0.4, -0.2) is 25.9 Å². The van der Waals surface area contributed by atoms with Crippen LogP contribution in [0.1, 0.15) is 5.56 Å². The maximum atomic E-state index is 5.61. The second-order valence-corrected chi connectivity index (χ2v) is 4.78. The molecule has 0 atom stereocenters. The van der Waals surface area contributed by atoms with Crippen LogP contribution in [-0.2, 0) is 11.3 Å². The minimum Gasteiger partial charge on any atom is -0.364 e. The van der Waals surface area contributed by atoms with Gasteiger partial charge in [-0.05, 0) is 5.56 Å². The smallest absolute Gasteiger partial charge is 0.364 e. The molecule has 1 rings (SSSR count). The van der Waals surface area contributed by atoms with Gasteiger partial charge in [-0.15, -0.1) is 5.92 Å². The number of hydrogen-bond acceptors (Lipinski definition) is 1. The average Bonchev–Trinajstić information content (AvgIpc) is 2.25. The Kier molecular flexibility index (Phi) is 6.90. The highest BCUT2D eigenvalue weighted by Gasteiger charge is 1.88. The van der Waals surface area contributed by atoms with Crippen molar-refractivity contribution >= 4 is 28.3 Å². The molecule has 0 unspecified atom stereocenters. The quantitative estimate of drug-likeness (QED) is 0.429. The summed E-state index contributed by atoms with van der Waals surface area (Å²) < 4.78 is 6.24. The molecule has 0 bridgehead atoms. The average molecular weight is 219 g/mol. The maximum absolute atomic E-state index is 5.61. The molecule has 0 spiro atoms. The number of rotatable bonds is 4. The van der Waals surface area contributed by atoms with Crippen LogP contribution < -0.4 is 0 Å². The van der Waals surface area contributed by atoms with Crippen molar-refractivity contribution in [2.75, 3.05) is 6.61 Å². The Morgan fingerprint density at radius 1 is 1.21 bits per heavy atom. The van der Waals surface area contributed by atoms with Crippen LogP contribution in [0.3, 0.4) is 0 Å². The minimum absolute atomic E-state index is 0.428. The molecule has 14 heavy (non-hydrogen) atoms. The molecule has 0 radical (unpaired) electrons. The second kappa shape index (κ2) is 8.13. The predicted octanol–water partition coefficient (Wildman–Crippen LogP) is 2.48. The van der Waals surface area contributed by atoms with Crippen LogP contribution in [0.2, 0.25) is 4.55 Å². The highest BCUT2D eigenvalue weighted by molar-refractivity contribution is 6.94. The Hall–Kier alpha value is -0.204. The third-order valence-corrected chi connectivity index (χ3v) is 2.64. The summed E-state index contributed by atoms with van der Waals surface area (Å²) in [6.07, 6.45) is 0. The van der Waals surface area contributed by atoms with E-state index in [0.717, 1.165) is 4.55 Å². The first-order valence-corrected chi connectivity index (χ1v) is 7.70. The first kappa shape index (κ1) is 11.9. The normalized spacial score (nSPS) is 8.64. The summed E-state index contributed by atoms with van der Waals surface area (Å²) in [7, 11) is 5.61. The summed E-state index contributed by atoms with van der Waals surface area (Å²) in [4.78, 5) is 0. The van der Waals surface area contributed by atoms with Crippen molar-refractivity contribution in [3.8, 4) is 11.8 Å². The van der Waals surface area contributed by atoms with E-state index >= 15 is 0 Å². The van der Waals surface area contributed by atoms with E-state index in [9.17, 15) is 0 Å². The molecule has 0 heterocycles. The van der Waals surface area contributed by atoms with Gasteiger partial charge in [0.2, 0.25) is 0 Å². The topological polar surface area (TPSA) is 9.23 Å². The summed E-state index contributed by atoms with van der Waals surface area (Å²) in [6.45, 7) is 1.13. The third kappa shape index (κ3) is 5.51. The highest BCUT2D eigenvalue weighted by Crippen LogP contribution is 1.99. The maximum Gasteiger partial charge on any atom is 0.513 e. The molecule has 0 fully saturated rings. The zero-order valence-corrected chi connectivity index (χ0v) is 10.2. The van der Waals surface area contributed by atoms with E-state index in [1.165, 1.54) is 5.56 Å². The van der Waals surface area contributed by atoms with Gasteiger partial charge in [-0.2, -0.15) is 0 Å². The van der Waals surface area contributed by atoms with E-state index in [0.29, 0.717) is 13.2 Å². The van der Waals surface area contributed by atoms with E-state index in [4.69, 9.17) is 13.8 Å². The predicted molar refractivity (Wildman–Crippen MR) is 60.3 cm³/mol. The van der Waals surface area contributed by atoms with Crippen LogP contribution in [0.4, 0.5) is 0 Å². The molecule has 0 aliphatic rings. The molecule has 3 heteroatoms. The minimum atomic E-state index is -0.428. The van der Waals surface area contributed by atoms with Gasteiger partial charge in [-0.3, -0.25) is 0 Å². The van der Waals surface area contributed by atoms with Crippen molar-refractivity contribution < 1.29 is 4.74 Å². The lowest BCUT2D eigenvalue weighted by Crippen LogP contribution is -1.92. The van der Waals surface area contributed by atoms with E-state index < -0.39 is 19.3 Å². The van der Waals surface area contributed by atoms with Crippen LogP contribution >= 0.6 is 9.07 Å². The Labute approximate surface area is 98.3 Å². The Morgan fingerprint density at radius 3 is 2.71 bits per heavy atom. The Morgan fingerprint density at radius 2 is 2.00 bits per heavy atom. The fraction of sp³-hybridized carbons (Fsp3) is 0.273. The summed E-state index contributed by atoms with van der Waals surface area (Å²) in [5, 5.41) is 0. The van der Waals surface area contributed by atoms with Gasteiger partial charge in [0.1, 0.15) is 6.61 Å². The Bertz CT molecular complexity index is 302. The monoisotopic (exact) mass is 218 g/mol. The molecule has 0 aromatic heterocycles. The van der Waals surface area contributed by atoms with Gasteiger partial charge in [-0.25, -0.2) is 0 Å². The fourth-order valence-corrected chi connectivity index (χ4v) is 1.54. The molecule has 70 valence electrons. The van der Waals surface area contributed by atoms with Crippen molar-refractivity contribution in [1.29, 1.82) is 0 Å². The van der Waals surface area contributed by atoms with Crippen molar-refractivity contribution in [3.63, 3.8) is 0 Å². The Balaban J connectivity index is 2.14. The second-order valence-electron chi connectivity index (χ2n) is 2.77. The number of benzene rings is 1. The first-order chi connectivity index (χ1) is 6.93. The molecule has 1 nitrogen and oxygen atoms in total. The van der Waals surface area contributed by atoms with Crippen molar-refractivity contribution in [2.45, 2.75) is 11.2 Å². The van der Waals surface area contributed by atoms with Gasteiger partial charge in [-0.1, -0.05) is 40.8 Å². The molecule has 1 aromatic rings. The zero-order chi connectivity index (χ0) is 10.1. The lowest BCUT2D eigenvalue weighted by atomic mass is 10.2. The molecule has 0 aliphatic heterocycles. The van der Waals surface area contributed by atoms with Crippen LogP contribution in [0.25, 0.3) is 0 Å².